The Bertz CT molecular complexity index is 1100. The van der Waals surface area contributed by atoms with E-state index in [0.717, 1.165) is 12.0 Å². The van der Waals surface area contributed by atoms with Crippen LogP contribution in [0.25, 0.3) is 6.08 Å². The van der Waals surface area contributed by atoms with Gasteiger partial charge in [0.25, 0.3) is 0 Å². The molecule has 0 atom stereocenters. The normalized spacial score (nSPS) is 11.1. The monoisotopic (exact) mass is 428 g/mol. The number of hydrogen-bond donors (Lipinski definition) is 0. The fourth-order valence-corrected chi connectivity index (χ4v) is 3.99. The largest absolute Gasteiger partial charge is 0.334 e. The van der Waals surface area contributed by atoms with E-state index in [2.05, 4.69) is 40.6 Å². The Kier molecular flexibility index (Phi) is 7.03. The summed E-state index contributed by atoms with van der Waals surface area (Å²) >= 11 is 1.67. The van der Waals surface area contributed by atoms with Gasteiger partial charge in [-0.05, 0) is 35.1 Å². The fraction of sp³-hybridized carbons (Fsp3) is 0.160. The van der Waals surface area contributed by atoms with Crippen LogP contribution < -0.4 is 0 Å². The number of nitrogens with zero attached hydrogens (tertiary/aromatic N) is 4. The molecule has 0 aliphatic rings. The molecular formula is C25H24N4OS. The Balaban J connectivity index is 1.40. The van der Waals surface area contributed by atoms with E-state index >= 15 is 0 Å². The lowest BCUT2D eigenvalue weighted by atomic mass is 10.1. The molecule has 0 bridgehead atoms. The lowest BCUT2D eigenvalue weighted by Crippen LogP contribution is -2.30. The van der Waals surface area contributed by atoms with Crippen molar-refractivity contribution in [3.8, 4) is 0 Å². The third-order valence-corrected chi connectivity index (χ3v) is 5.75. The summed E-state index contributed by atoms with van der Waals surface area (Å²) in [6.45, 7) is 1.91. The van der Waals surface area contributed by atoms with Crippen molar-refractivity contribution in [3.63, 3.8) is 0 Å². The minimum absolute atomic E-state index is 0.0260. The highest BCUT2D eigenvalue weighted by Crippen LogP contribution is 2.14. The quantitative estimate of drug-likeness (QED) is 0.364. The lowest BCUT2D eigenvalue weighted by molar-refractivity contribution is -0.126. The highest BCUT2D eigenvalue weighted by atomic mass is 32.1. The number of aromatic nitrogens is 3. The predicted octanol–water partition coefficient (Wildman–Crippen LogP) is 4.67. The lowest BCUT2D eigenvalue weighted by Gasteiger charge is -2.20. The summed E-state index contributed by atoms with van der Waals surface area (Å²) in [4.78, 5) is 16.0. The van der Waals surface area contributed by atoms with Gasteiger partial charge in [0.15, 0.2) is 0 Å². The Hall–Kier alpha value is -3.51. The second-order valence-electron chi connectivity index (χ2n) is 7.23. The maximum Gasteiger partial charge on any atom is 0.246 e. The van der Waals surface area contributed by atoms with Crippen molar-refractivity contribution in [1.29, 1.82) is 0 Å². The summed E-state index contributed by atoms with van der Waals surface area (Å²) in [6, 6.07) is 24.4. The van der Waals surface area contributed by atoms with E-state index in [9.17, 15) is 4.79 Å². The Morgan fingerprint density at radius 2 is 1.71 bits per heavy atom. The number of hydrogen-bond acceptors (Lipinski definition) is 4. The molecule has 0 aliphatic carbocycles. The average Bonchev–Trinajstić information content (AvgIpc) is 3.48. The molecule has 0 spiro atoms. The second kappa shape index (κ2) is 10.5. The third kappa shape index (κ3) is 6.23. The molecular weight excluding hydrogens is 404 g/mol. The van der Waals surface area contributed by atoms with Crippen LogP contribution in [0, 0.1) is 0 Å². The first-order chi connectivity index (χ1) is 15.3. The van der Waals surface area contributed by atoms with Gasteiger partial charge in [-0.15, -0.1) is 16.4 Å². The van der Waals surface area contributed by atoms with Gasteiger partial charge in [0.1, 0.15) is 5.69 Å². The molecule has 2 aromatic heterocycles. The average molecular weight is 429 g/mol. The summed E-state index contributed by atoms with van der Waals surface area (Å²) in [5, 5.41) is 10.4. The van der Waals surface area contributed by atoms with E-state index in [-0.39, 0.29) is 5.91 Å². The van der Waals surface area contributed by atoms with E-state index in [1.54, 1.807) is 28.2 Å². The van der Waals surface area contributed by atoms with Crippen molar-refractivity contribution in [1.82, 2.24) is 19.9 Å². The topological polar surface area (TPSA) is 51.0 Å². The van der Waals surface area contributed by atoms with Crippen LogP contribution in [0.4, 0.5) is 0 Å². The first-order valence-electron chi connectivity index (χ1n) is 10.2. The molecule has 31 heavy (non-hydrogen) atoms. The third-order valence-electron chi connectivity index (χ3n) is 4.89. The van der Waals surface area contributed by atoms with Crippen molar-refractivity contribution in [2.75, 3.05) is 6.54 Å². The van der Waals surface area contributed by atoms with Crippen LogP contribution in [0.2, 0.25) is 0 Å². The minimum Gasteiger partial charge on any atom is -0.334 e. The minimum atomic E-state index is -0.0260. The zero-order valence-corrected chi connectivity index (χ0v) is 18.0. The molecule has 0 fully saturated rings. The number of carbonyl (C=O) groups excluding carboxylic acids is 1. The Morgan fingerprint density at radius 3 is 2.42 bits per heavy atom. The summed E-state index contributed by atoms with van der Waals surface area (Å²) in [5.74, 6) is -0.0260. The van der Waals surface area contributed by atoms with Crippen molar-refractivity contribution in [3.05, 3.63) is 112 Å². The molecule has 6 heteroatoms. The van der Waals surface area contributed by atoms with Gasteiger partial charge in [0.05, 0.1) is 19.3 Å². The van der Waals surface area contributed by atoms with E-state index in [0.29, 0.717) is 25.3 Å². The molecule has 1 amide bonds. The van der Waals surface area contributed by atoms with Crippen molar-refractivity contribution in [2.45, 2.75) is 19.5 Å². The highest BCUT2D eigenvalue weighted by molar-refractivity contribution is 7.09. The molecule has 0 saturated carbocycles. The molecule has 2 aromatic carbocycles. The molecule has 0 unspecified atom stereocenters. The van der Waals surface area contributed by atoms with Gasteiger partial charge in [0.2, 0.25) is 5.91 Å². The van der Waals surface area contributed by atoms with Crippen LogP contribution in [-0.2, 0) is 24.3 Å². The fourth-order valence-electron chi connectivity index (χ4n) is 3.27. The standard InChI is InChI=1S/C25H24N4OS/c30-25(14-13-23-19-29(27-26-23)18-22-10-5-2-6-11-22)28(20-24-12-7-17-31-24)16-15-21-8-3-1-4-9-21/h1-14,17,19H,15-16,18,20H2/b14-13+. The summed E-state index contributed by atoms with van der Waals surface area (Å²) < 4.78 is 1.78. The number of amides is 1. The smallest absolute Gasteiger partial charge is 0.246 e. The summed E-state index contributed by atoms with van der Waals surface area (Å²) in [6.07, 6.45) is 6.00. The van der Waals surface area contributed by atoms with E-state index in [1.807, 2.05) is 58.9 Å². The van der Waals surface area contributed by atoms with Gasteiger partial charge in [-0.25, -0.2) is 4.68 Å². The predicted molar refractivity (Wildman–Crippen MR) is 124 cm³/mol. The van der Waals surface area contributed by atoms with Gasteiger partial charge in [0, 0.05) is 17.5 Å². The number of thiophene rings is 1. The molecule has 0 radical (unpaired) electrons. The van der Waals surface area contributed by atoms with E-state index in [4.69, 9.17) is 0 Å². The van der Waals surface area contributed by atoms with Crippen LogP contribution in [0.5, 0.6) is 0 Å². The van der Waals surface area contributed by atoms with Gasteiger partial charge in [-0.3, -0.25) is 4.79 Å². The maximum absolute atomic E-state index is 13.0. The van der Waals surface area contributed by atoms with Crippen molar-refractivity contribution in [2.24, 2.45) is 0 Å². The zero-order chi connectivity index (χ0) is 21.3. The molecule has 0 saturated heterocycles. The SMILES string of the molecule is O=C(/C=C/c1cn(Cc2ccccc2)nn1)N(CCc1ccccc1)Cc1cccs1. The molecule has 0 N–H and O–H groups in total. The van der Waals surface area contributed by atoms with Crippen molar-refractivity contribution >= 4 is 23.3 Å². The molecule has 5 nitrogen and oxygen atoms in total. The number of rotatable bonds is 9. The van der Waals surface area contributed by atoms with Gasteiger partial charge in [-0.1, -0.05) is 71.9 Å². The molecule has 2 heterocycles. The van der Waals surface area contributed by atoms with Crippen LogP contribution in [-0.4, -0.2) is 32.3 Å². The van der Waals surface area contributed by atoms with E-state index in [1.165, 1.54) is 10.4 Å². The summed E-state index contributed by atoms with van der Waals surface area (Å²) in [7, 11) is 0. The summed E-state index contributed by atoms with van der Waals surface area (Å²) in [5.41, 5.74) is 3.05. The zero-order valence-electron chi connectivity index (χ0n) is 17.2. The van der Waals surface area contributed by atoms with Gasteiger partial charge >= 0.3 is 0 Å². The van der Waals surface area contributed by atoms with Crippen molar-refractivity contribution < 1.29 is 4.79 Å². The molecule has 0 aliphatic heterocycles. The molecule has 4 rings (SSSR count). The number of benzene rings is 2. The Labute approximate surface area is 186 Å². The first kappa shape index (κ1) is 20.8. The van der Waals surface area contributed by atoms with Crippen LogP contribution in [0.1, 0.15) is 21.7 Å². The van der Waals surface area contributed by atoms with Crippen LogP contribution >= 0.6 is 11.3 Å². The first-order valence-corrected chi connectivity index (χ1v) is 11.1. The maximum atomic E-state index is 13.0. The molecule has 4 aromatic rings. The second-order valence-corrected chi connectivity index (χ2v) is 8.27. The molecule has 156 valence electrons. The number of carbonyl (C=O) groups is 1. The highest BCUT2D eigenvalue weighted by Gasteiger charge is 2.12. The van der Waals surface area contributed by atoms with Crippen LogP contribution in [0.15, 0.2) is 90.4 Å². The van der Waals surface area contributed by atoms with Gasteiger partial charge < -0.3 is 4.90 Å². The Morgan fingerprint density at radius 1 is 0.968 bits per heavy atom. The van der Waals surface area contributed by atoms with Gasteiger partial charge in [-0.2, -0.15) is 0 Å². The van der Waals surface area contributed by atoms with Crippen LogP contribution in [0.3, 0.4) is 0 Å². The van der Waals surface area contributed by atoms with E-state index < -0.39 is 0 Å².